The number of aromatic hydroxyl groups is 1. The molecule has 1 aromatic carbocycles. The lowest BCUT2D eigenvalue weighted by Crippen LogP contribution is -2.45. The van der Waals surface area contributed by atoms with Gasteiger partial charge in [0, 0.05) is 23.4 Å². The molecule has 1 saturated carbocycles. The molecule has 2 atom stereocenters. The van der Waals surface area contributed by atoms with Gasteiger partial charge in [0.1, 0.15) is 11.5 Å². The minimum atomic E-state index is 0. The number of phenolic OH excluding ortho intramolecular Hbond substituents is 1. The van der Waals surface area contributed by atoms with Crippen LogP contribution in [0.5, 0.6) is 11.5 Å². The topological polar surface area (TPSA) is 65.9 Å². The minimum absolute atomic E-state index is 0. The largest absolute Gasteiger partial charge is 0.508 e. The fourth-order valence-electron chi connectivity index (χ4n) is 3.16. The number of thioether (sulfide) groups is 1. The third-order valence-electron chi connectivity index (χ3n) is 4.41. The van der Waals surface area contributed by atoms with Crippen molar-refractivity contribution in [1.29, 1.82) is 0 Å². The zero-order valence-corrected chi connectivity index (χ0v) is 19.1. The van der Waals surface area contributed by atoms with Crippen LogP contribution >= 0.6 is 35.7 Å². The normalized spacial score (nSPS) is 20.2. The van der Waals surface area contributed by atoms with E-state index in [-0.39, 0.29) is 29.7 Å². The summed E-state index contributed by atoms with van der Waals surface area (Å²) >= 11 is 2.07. The molecule has 0 amide bonds. The number of hydrogen-bond donors (Lipinski definition) is 3. The first-order valence-corrected chi connectivity index (χ1v) is 10.2. The van der Waals surface area contributed by atoms with Crippen LogP contribution in [-0.4, -0.2) is 41.8 Å². The fraction of sp³-hybridized carbons (Fsp3) is 0.632. The van der Waals surface area contributed by atoms with Crippen molar-refractivity contribution < 1.29 is 9.84 Å². The highest BCUT2D eigenvalue weighted by Gasteiger charge is 2.22. The molecule has 3 N–H and O–H groups in total. The van der Waals surface area contributed by atoms with Crippen molar-refractivity contribution in [2.75, 3.05) is 19.4 Å². The number of ether oxygens (including phenoxy) is 1. The van der Waals surface area contributed by atoms with E-state index in [2.05, 4.69) is 41.2 Å². The second kappa shape index (κ2) is 12.5. The van der Waals surface area contributed by atoms with Crippen LogP contribution in [0.2, 0.25) is 0 Å². The first kappa shape index (κ1) is 23.2. The van der Waals surface area contributed by atoms with E-state index in [0.29, 0.717) is 12.6 Å². The number of benzene rings is 1. The summed E-state index contributed by atoms with van der Waals surface area (Å²) in [6.07, 6.45) is 4.97. The highest BCUT2D eigenvalue weighted by atomic mass is 127. The van der Waals surface area contributed by atoms with Gasteiger partial charge >= 0.3 is 0 Å². The number of methoxy groups -OCH3 is 1. The van der Waals surface area contributed by atoms with Crippen molar-refractivity contribution in [2.45, 2.75) is 57.4 Å². The van der Waals surface area contributed by atoms with Crippen LogP contribution < -0.4 is 15.4 Å². The second-order valence-electron chi connectivity index (χ2n) is 6.28. The standard InChI is InChI=1S/C19H31N3O2S.HI/c1-4-20-19(22-15-7-6-8-17(12-15)25-5-2)21-13-14-11-16(24-3)9-10-18(14)23;/h9-11,15,17,23H,4-8,12-13H2,1-3H3,(H2,20,21,22);1H. The maximum atomic E-state index is 10.0. The monoisotopic (exact) mass is 493 g/mol. The third-order valence-corrected chi connectivity index (χ3v) is 5.64. The molecule has 0 radical (unpaired) electrons. The number of nitrogens with zero attached hydrogens (tertiary/aromatic N) is 1. The molecule has 7 heteroatoms. The van der Waals surface area contributed by atoms with Gasteiger partial charge in [-0.15, -0.1) is 24.0 Å². The van der Waals surface area contributed by atoms with Crippen molar-refractivity contribution in [3.63, 3.8) is 0 Å². The van der Waals surface area contributed by atoms with Gasteiger partial charge in [-0.25, -0.2) is 4.99 Å². The molecular formula is C19H32IN3O2S. The Bertz CT molecular complexity index is 570. The Labute approximate surface area is 178 Å². The predicted molar refractivity (Wildman–Crippen MR) is 122 cm³/mol. The first-order valence-electron chi connectivity index (χ1n) is 9.18. The van der Waals surface area contributed by atoms with Gasteiger partial charge in [0.2, 0.25) is 0 Å². The maximum Gasteiger partial charge on any atom is 0.191 e. The van der Waals surface area contributed by atoms with Crippen molar-refractivity contribution in [1.82, 2.24) is 10.6 Å². The highest BCUT2D eigenvalue weighted by Crippen LogP contribution is 2.28. The number of halogens is 1. The molecule has 0 spiro atoms. The lowest BCUT2D eigenvalue weighted by atomic mass is 9.95. The molecule has 0 heterocycles. The molecule has 0 saturated heterocycles. The Kier molecular flexibility index (Phi) is 11.2. The van der Waals surface area contributed by atoms with Crippen LogP contribution in [0, 0.1) is 0 Å². The average Bonchev–Trinajstić information content (AvgIpc) is 2.61. The Morgan fingerprint density at radius 2 is 2.15 bits per heavy atom. The molecule has 2 unspecified atom stereocenters. The summed E-state index contributed by atoms with van der Waals surface area (Å²) in [7, 11) is 1.62. The van der Waals surface area contributed by atoms with E-state index in [1.807, 2.05) is 6.07 Å². The second-order valence-corrected chi connectivity index (χ2v) is 7.85. The summed E-state index contributed by atoms with van der Waals surface area (Å²) in [4.78, 5) is 4.66. The van der Waals surface area contributed by atoms with E-state index in [9.17, 15) is 5.11 Å². The summed E-state index contributed by atoms with van der Waals surface area (Å²) in [6, 6.07) is 5.70. The van der Waals surface area contributed by atoms with Gasteiger partial charge in [0.25, 0.3) is 0 Å². The number of guanidine groups is 1. The maximum absolute atomic E-state index is 10.0. The van der Waals surface area contributed by atoms with Crippen LogP contribution in [-0.2, 0) is 6.54 Å². The smallest absolute Gasteiger partial charge is 0.191 e. The van der Waals surface area contributed by atoms with Gasteiger partial charge in [0.15, 0.2) is 5.96 Å². The van der Waals surface area contributed by atoms with Crippen LogP contribution in [0.3, 0.4) is 0 Å². The Hall–Kier alpha value is -0.830. The SMILES string of the molecule is CCNC(=NCc1cc(OC)ccc1O)NC1CCCC(SCC)C1.I. The van der Waals surface area contributed by atoms with Crippen LogP contribution in [0.15, 0.2) is 23.2 Å². The molecule has 2 rings (SSSR count). The van der Waals surface area contributed by atoms with Crippen molar-refractivity contribution in [3.05, 3.63) is 23.8 Å². The Morgan fingerprint density at radius 1 is 1.35 bits per heavy atom. The van der Waals surface area contributed by atoms with Crippen molar-refractivity contribution in [2.24, 2.45) is 4.99 Å². The summed E-state index contributed by atoms with van der Waals surface area (Å²) in [5.74, 6) is 2.97. The zero-order chi connectivity index (χ0) is 18.1. The van der Waals surface area contributed by atoms with E-state index in [0.717, 1.165) is 29.1 Å². The van der Waals surface area contributed by atoms with E-state index in [1.54, 1.807) is 19.2 Å². The van der Waals surface area contributed by atoms with Gasteiger partial charge in [-0.3, -0.25) is 0 Å². The molecule has 0 aliphatic heterocycles. The van der Waals surface area contributed by atoms with Crippen molar-refractivity contribution >= 4 is 41.7 Å². The number of nitrogens with one attached hydrogen (secondary N) is 2. The van der Waals surface area contributed by atoms with Gasteiger partial charge < -0.3 is 20.5 Å². The molecule has 1 aliphatic carbocycles. The number of phenols is 1. The summed E-state index contributed by atoms with van der Waals surface area (Å²) in [6.45, 7) is 5.53. The van der Waals surface area contributed by atoms with Crippen LogP contribution in [0.25, 0.3) is 0 Å². The van der Waals surface area contributed by atoms with E-state index in [1.165, 1.54) is 31.4 Å². The molecular weight excluding hydrogens is 461 g/mol. The van der Waals surface area contributed by atoms with Crippen molar-refractivity contribution in [3.8, 4) is 11.5 Å². The summed E-state index contributed by atoms with van der Waals surface area (Å²) in [5, 5.41) is 17.7. The number of hydrogen-bond acceptors (Lipinski definition) is 4. The van der Waals surface area contributed by atoms with E-state index >= 15 is 0 Å². The Balaban J connectivity index is 0.00000338. The fourth-order valence-corrected chi connectivity index (χ4v) is 4.33. The molecule has 0 bridgehead atoms. The lowest BCUT2D eigenvalue weighted by Gasteiger charge is -2.30. The summed E-state index contributed by atoms with van der Waals surface area (Å²) in [5.41, 5.74) is 0.764. The zero-order valence-electron chi connectivity index (χ0n) is 16.0. The van der Waals surface area contributed by atoms with E-state index in [4.69, 9.17) is 4.74 Å². The number of rotatable bonds is 7. The lowest BCUT2D eigenvalue weighted by molar-refractivity contribution is 0.410. The Morgan fingerprint density at radius 3 is 2.85 bits per heavy atom. The third kappa shape index (κ3) is 7.42. The summed E-state index contributed by atoms with van der Waals surface area (Å²) < 4.78 is 5.23. The predicted octanol–water partition coefficient (Wildman–Crippen LogP) is 4.14. The molecule has 1 aromatic rings. The highest BCUT2D eigenvalue weighted by molar-refractivity contribution is 14.0. The van der Waals surface area contributed by atoms with Crippen LogP contribution in [0.1, 0.15) is 45.1 Å². The van der Waals surface area contributed by atoms with Gasteiger partial charge in [-0.1, -0.05) is 13.3 Å². The first-order chi connectivity index (χ1) is 12.2. The average molecular weight is 493 g/mol. The van der Waals surface area contributed by atoms with E-state index < -0.39 is 0 Å². The quantitative estimate of drug-likeness (QED) is 0.303. The molecule has 1 fully saturated rings. The molecule has 5 nitrogen and oxygen atoms in total. The molecule has 1 aliphatic rings. The molecule has 0 aromatic heterocycles. The molecule has 26 heavy (non-hydrogen) atoms. The minimum Gasteiger partial charge on any atom is -0.508 e. The molecule has 148 valence electrons. The van der Waals surface area contributed by atoms with Gasteiger partial charge in [0.05, 0.1) is 13.7 Å². The van der Waals surface area contributed by atoms with Gasteiger partial charge in [-0.2, -0.15) is 11.8 Å². The van der Waals surface area contributed by atoms with Crippen LogP contribution in [0.4, 0.5) is 0 Å². The number of aliphatic imine (C=N–C) groups is 1. The van der Waals surface area contributed by atoms with Gasteiger partial charge in [-0.05, 0) is 50.1 Å².